The molecular weight excluding hydrogens is 252 g/mol. The summed E-state index contributed by atoms with van der Waals surface area (Å²) in [4.78, 5) is 8.78. The molecule has 5 heteroatoms. The summed E-state index contributed by atoms with van der Waals surface area (Å²) in [6, 6.07) is 7.64. The Bertz CT molecular complexity index is 722. The Hall–Kier alpha value is -2.27. The van der Waals surface area contributed by atoms with Crippen molar-refractivity contribution in [2.75, 3.05) is 0 Å². The summed E-state index contributed by atoms with van der Waals surface area (Å²) in [5.74, 6) is 0. The van der Waals surface area contributed by atoms with Gasteiger partial charge in [0.05, 0.1) is 29.1 Å². The molecule has 0 saturated carbocycles. The molecule has 0 amide bonds. The molecule has 0 radical (unpaired) electrons. The topological polar surface area (TPSA) is 63.8 Å². The van der Waals surface area contributed by atoms with Gasteiger partial charge >= 0.3 is 0 Å². The van der Waals surface area contributed by atoms with Gasteiger partial charge in [-0.2, -0.15) is 5.10 Å². The minimum Gasteiger partial charge on any atom is -0.386 e. The van der Waals surface area contributed by atoms with Gasteiger partial charge in [-0.15, -0.1) is 0 Å². The number of nitrogens with zero attached hydrogens (tertiary/aromatic N) is 4. The first-order chi connectivity index (χ1) is 9.76. The zero-order valence-corrected chi connectivity index (χ0v) is 11.3. The van der Waals surface area contributed by atoms with E-state index in [4.69, 9.17) is 0 Å². The third-order valence-corrected chi connectivity index (χ3v) is 3.25. The van der Waals surface area contributed by atoms with Crippen molar-refractivity contribution in [3.63, 3.8) is 0 Å². The van der Waals surface area contributed by atoms with Crippen molar-refractivity contribution in [1.29, 1.82) is 0 Å². The maximum atomic E-state index is 10.3. The number of rotatable bonds is 4. The zero-order valence-electron chi connectivity index (χ0n) is 11.3. The van der Waals surface area contributed by atoms with Crippen LogP contribution >= 0.6 is 0 Å². The molecule has 0 aliphatic carbocycles. The van der Waals surface area contributed by atoms with E-state index in [2.05, 4.69) is 15.1 Å². The predicted molar refractivity (Wildman–Crippen MR) is 76.1 cm³/mol. The van der Waals surface area contributed by atoms with Crippen molar-refractivity contribution in [3.8, 4) is 0 Å². The van der Waals surface area contributed by atoms with E-state index in [-0.39, 0.29) is 0 Å². The van der Waals surface area contributed by atoms with Crippen LogP contribution in [0.5, 0.6) is 0 Å². The molecule has 1 unspecified atom stereocenters. The molecule has 0 spiro atoms. The van der Waals surface area contributed by atoms with Crippen LogP contribution in [0, 0.1) is 0 Å². The molecule has 1 N–H and O–H groups in total. The highest BCUT2D eigenvalue weighted by molar-refractivity contribution is 5.73. The number of aliphatic hydroxyl groups excluding tert-OH is 1. The summed E-state index contributed by atoms with van der Waals surface area (Å²) in [5.41, 5.74) is 3.22. The first-order valence-electron chi connectivity index (χ1n) is 6.67. The molecule has 2 heterocycles. The first kappa shape index (κ1) is 12.7. The van der Waals surface area contributed by atoms with Crippen LogP contribution in [0.15, 0.2) is 42.9 Å². The Labute approximate surface area is 116 Å². The third kappa shape index (κ3) is 2.53. The number of hydrogen-bond acceptors (Lipinski definition) is 4. The average molecular weight is 268 g/mol. The van der Waals surface area contributed by atoms with E-state index in [0.717, 1.165) is 23.1 Å². The molecule has 1 atom stereocenters. The number of para-hydroxylation sites is 2. The highest BCUT2D eigenvalue weighted by atomic mass is 16.3. The second kappa shape index (κ2) is 5.38. The van der Waals surface area contributed by atoms with Crippen molar-refractivity contribution < 1.29 is 5.11 Å². The largest absolute Gasteiger partial charge is 0.386 e. The monoisotopic (exact) mass is 268 g/mol. The van der Waals surface area contributed by atoms with Crippen LogP contribution in [-0.4, -0.2) is 24.9 Å². The molecule has 5 nitrogen and oxygen atoms in total. The predicted octanol–water partition coefficient (Wildman–Crippen LogP) is 2.12. The van der Waals surface area contributed by atoms with Gasteiger partial charge in [-0.3, -0.25) is 9.67 Å². The molecule has 0 aliphatic heterocycles. The molecule has 0 fully saturated rings. The number of aryl methyl sites for hydroxylation is 1. The van der Waals surface area contributed by atoms with Gasteiger partial charge in [0.2, 0.25) is 0 Å². The lowest BCUT2D eigenvalue weighted by Gasteiger charge is -2.09. The summed E-state index contributed by atoms with van der Waals surface area (Å²) in [5, 5.41) is 14.5. The van der Waals surface area contributed by atoms with Crippen LogP contribution in [0.25, 0.3) is 11.0 Å². The van der Waals surface area contributed by atoms with Crippen molar-refractivity contribution in [2.24, 2.45) is 0 Å². The Morgan fingerprint density at radius 3 is 2.75 bits per heavy atom. The van der Waals surface area contributed by atoms with Gasteiger partial charge < -0.3 is 5.11 Å². The number of hydrogen-bond donors (Lipinski definition) is 1. The number of aromatic nitrogens is 4. The summed E-state index contributed by atoms with van der Waals surface area (Å²) in [7, 11) is 0. The molecule has 3 rings (SSSR count). The van der Waals surface area contributed by atoms with Crippen LogP contribution in [0.1, 0.15) is 24.3 Å². The second-order valence-corrected chi connectivity index (χ2v) is 4.71. The molecular formula is C15H16N4O. The number of fused-ring (bicyclic) bond motifs is 1. The van der Waals surface area contributed by atoms with Gasteiger partial charge in [0.15, 0.2) is 0 Å². The van der Waals surface area contributed by atoms with E-state index in [9.17, 15) is 5.11 Å². The van der Waals surface area contributed by atoms with E-state index in [1.165, 1.54) is 0 Å². The number of aliphatic hydroxyl groups is 1. The Morgan fingerprint density at radius 2 is 2.00 bits per heavy atom. The van der Waals surface area contributed by atoms with Gasteiger partial charge in [-0.25, -0.2) is 4.98 Å². The quantitative estimate of drug-likeness (QED) is 0.787. The summed E-state index contributed by atoms with van der Waals surface area (Å²) < 4.78 is 1.84. The van der Waals surface area contributed by atoms with Gasteiger partial charge in [0.25, 0.3) is 0 Å². The van der Waals surface area contributed by atoms with Crippen LogP contribution in [0.4, 0.5) is 0 Å². The lowest BCUT2D eigenvalue weighted by Crippen LogP contribution is -2.05. The van der Waals surface area contributed by atoms with Crippen LogP contribution < -0.4 is 0 Å². The fraction of sp³-hybridized carbons (Fsp3) is 0.267. The van der Waals surface area contributed by atoms with Gasteiger partial charge in [0.1, 0.15) is 6.10 Å². The standard InChI is InChI=1S/C15H16N4O/c1-2-19-10-11(8-17-19)7-15(20)14-9-16-12-5-3-4-6-13(12)18-14/h3-6,8-10,15,20H,2,7H2,1H3. The normalized spacial score (nSPS) is 12.7. The average Bonchev–Trinajstić information content (AvgIpc) is 2.94. The number of benzene rings is 1. The third-order valence-electron chi connectivity index (χ3n) is 3.25. The lowest BCUT2D eigenvalue weighted by molar-refractivity contribution is 0.173. The minimum absolute atomic E-state index is 0.493. The van der Waals surface area contributed by atoms with Gasteiger partial charge in [0, 0.05) is 19.2 Å². The lowest BCUT2D eigenvalue weighted by atomic mass is 10.1. The Kier molecular flexibility index (Phi) is 3.43. The highest BCUT2D eigenvalue weighted by Gasteiger charge is 2.12. The molecule has 3 aromatic rings. The highest BCUT2D eigenvalue weighted by Crippen LogP contribution is 2.18. The summed E-state index contributed by atoms with van der Waals surface area (Å²) in [6.07, 6.45) is 5.19. The molecule has 1 aromatic carbocycles. The van der Waals surface area contributed by atoms with Crippen LogP contribution in [-0.2, 0) is 13.0 Å². The fourth-order valence-corrected chi connectivity index (χ4v) is 2.14. The Morgan fingerprint density at radius 1 is 1.20 bits per heavy atom. The van der Waals surface area contributed by atoms with Crippen LogP contribution in [0.2, 0.25) is 0 Å². The fourth-order valence-electron chi connectivity index (χ4n) is 2.14. The smallest absolute Gasteiger partial charge is 0.102 e. The first-order valence-corrected chi connectivity index (χ1v) is 6.67. The maximum Gasteiger partial charge on any atom is 0.102 e. The van der Waals surface area contributed by atoms with E-state index in [1.54, 1.807) is 12.4 Å². The molecule has 0 bridgehead atoms. The zero-order chi connectivity index (χ0) is 13.9. The van der Waals surface area contributed by atoms with E-state index in [0.29, 0.717) is 12.1 Å². The van der Waals surface area contributed by atoms with Crippen molar-refractivity contribution in [2.45, 2.75) is 26.0 Å². The molecule has 0 saturated heterocycles. The Balaban J connectivity index is 1.82. The summed E-state index contributed by atoms with van der Waals surface area (Å²) in [6.45, 7) is 2.86. The van der Waals surface area contributed by atoms with Gasteiger partial charge in [-0.05, 0) is 24.6 Å². The molecule has 102 valence electrons. The molecule has 0 aliphatic rings. The van der Waals surface area contributed by atoms with Crippen molar-refractivity contribution in [1.82, 2.24) is 19.7 Å². The SMILES string of the molecule is CCn1cc(CC(O)c2cnc3ccccc3n2)cn1. The molecule has 2 aromatic heterocycles. The van der Waals surface area contributed by atoms with E-state index < -0.39 is 6.10 Å². The van der Waals surface area contributed by atoms with E-state index in [1.807, 2.05) is 42.1 Å². The van der Waals surface area contributed by atoms with Crippen molar-refractivity contribution >= 4 is 11.0 Å². The minimum atomic E-state index is -0.665. The summed E-state index contributed by atoms with van der Waals surface area (Å²) >= 11 is 0. The maximum absolute atomic E-state index is 10.3. The van der Waals surface area contributed by atoms with Crippen LogP contribution in [0.3, 0.4) is 0 Å². The molecule has 20 heavy (non-hydrogen) atoms. The van der Waals surface area contributed by atoms with Crippen molar-refractivity contribution in [3.05, 3.63) is 54.1 Å². The van der Waals surface area contributed by atoms with Gasteiger partial charge in [-0.1, -0.05) is 12.1 Å². The van der Waals surface area contributed by atoms with E-state index >= 15 is 0 Å². The second-order valence-electron chi connectivity index (χ2n) is 4.71.